The molecule has 1 aliphatic heterocycles. The van der Waals surface area contributed by atoms with E-state index in [1.807, 2.05) is 17.0 Å². The maximum atomic E-state index is 12.3. The zero-order valence-electron chi connectivity index (χ0n) is 10.1. The average molecular weight is 266 g/mol. The summed E-state index contributed by atoms with van der Waals surface area (Å²) in [6, 6.07) is 7.23. The number of benzene rings is 1. The van der Waals surface area contributed by atoms with E-state index in [0.717, 1.165) is 25.9 Å². The number of hydrogen-bond acceptors (Lipinski definition) is 2. The molecular weight excluding hydrogens is 250 g/mol. The van der Waals surface area contributed by atoms with Gasteiger partial charge in [0, 0.05) is 13.1 Å². The number of aliphatic imine (C=N–C) groups is 1. The second-order valence-electron chi connectivity index (χ2n) is 4.25. The van der Waals surface area contributed by atoms with Crippen LogP contribution in [-0.2, 0) is 0 Å². The molecule has 1 saturated heterocycles. The number of hydrogen-bond donors (Lipinski definition) is 1. The molecule has 0 aromatic heterocycles. The number of carbonyl (C=O) groups excluding carboxylic acids is 1. The van der Waals surface area contributed by atoms with E-state index < -0.39 is 0 Å². The predicted octanol–water partition coefficient (Wildman–Crippen LogP) is 2.15. The molecular formula is C13H16ClN3O. The number of amides is 1. The summed E-state index contributed by atoms with van der Waals surface area (Å²) < 4.78 is 0. The zero-order valence-corrected chi connectivity index (χ0v) is 10.9. The van der Waals surface area contributed by atoms with Crippen LogP contribution in [0.1, 0.15) is 23.2 Å². The molecule has 18 heavy (non-hydrogen) atoms. The van der Waals surface area contributed by atoms with Crippen molar-refractivity contribution >= 4 is 29.0 Å². The fraction of sp³-hybridized carbons (Fsp3) is 0.385. The van der Waals surface area contributed by atoms with Gasteiger partial charge in [0.05, 0.1) is 17.1 Å². The Labute approximate surface area is 111 Å². The highest BCUT2D eigenvalue weighted by atomic mass is 35.5. The van der Waals surface area contributed by atoms with Gasteiger partial charge >= 0.3 is 0 Å². The first-order chi connectivity index (χ1) is 8.72. The summed E-state index contributed by atoms with van der Waals surface area (Å²) >= 11 is 5.61. The highest BCUT2D eigenvalue weighted by Crippen LogP contribution is 2.22. The van der Waals surface area contributed by atoms with Crippen LogP contribution >= 0.6 is 11.6 Å². The molecule has 1 aliphatic rings. The number of nitrogens with zero attached hydrogens (tertiary/aromatic N) is 2. The number of nitrogens with two attached hydrogens (primary N) is 1. The monoisotopic (exact) mass is 265 g/mol. The van der Waals surface area contributed by atoms with Crippen molar-refractivity contribution in [2.45, 2.75) is 12.8 Å². The minimum Gasteiger partial charge on any atom is -0.386 e. The van der Waals surface area contributed by atoms with Crippen molar-refractivity contribution in [1.82, 2.24) is 4.90 Å². The molecule has 0 atom stereocenters. The van der Waals surface area contributed by atoms with Crippen LogP contribution in [0.3, 0.4) is 0 Å². The minimum atomic E-state index is 0.0224. The number of rotatable bonds is 3. The Morgan fingerprint density at radius 3 is 2.67 bits per heavy atom. The van der Waals surface area contributed by atoms with Gasteiger partial charge in [0.1, 0.15) is 5.84 Å². The van der Waals surface area contributed by atoms with Gasteiger partial charge in [0.15, 0.2) is 0 Å². The summed E-state index contributed by atoms with van der Waals surface area (Å²) in [7, 11) is 0. The first kappa shape index (κ1) is 12.9. The number of alkyl halides is 1. The first-order valence-corrected chi connectivity index (χ1v) is 6.53. The molecule has 2 rings (SSSR count). The molecule has 1 aromatic carbocycles. The Balaban J connectivity index is 2.29. The SMILES string of the molecule is NC(CCl)=Nc1ccccc1C(=O)N1CCCC1. The Morgan fingerprint density at radius 1 is 1.33 bits per heavy atom. The summed E-state index contributed by atoms with van der Waals surface area (Å²) in [4.78, 5) is 18.4. The minimum absolute atomic E-state index is 0.0224. The molecule has 0 spiro atoms. The lowest BCUT2D eigenvalue weighted by molar-refractivity contribution is 0.0793. The van der Waals surface area contributed by atoms with E-state index >= 15 is 0 Å². The van der Waals surface area contributed by atoms with Crippen LogP contribution in [0.5, 0.6) is 0 Å². The van der Waals surface area contributed by atoms with Crippen LogP contribution in [-0.4, -0.2) is 35.6 Å². The molecule has 1 amide bonds. The van der Waals surface area contributed by atoms with Crippen LogP contribution in [0.4, 0.5) is 5.69 Å². The quantitative estimate of drug-likeness (QED) is 0.517. The first-order valence-electron chi connectivity index (χ1n) is 5.99. The standard InChI is InChI=1S/C13H16ClN3O/c14-9-12(15)16-11-6-2-1-5-10(11)13(18)17-7-3-4-8-17/h1-2,5-6H,3-4,7-9H2,(H2,15,16). The van der Waals surface area contributed by atoms with Gasteiger partial charge in [0.25, 0.3) is 5.91 Å². The third kappa shape index (κ3) is 2.82. The lowest BCUT2D eigenvalue weighted by Gasteiger charge is -2.16. The molecule has 0 aliphatic carbocycles. The second-order valence-corrected chi connectivity index (χ2v) is 4.52. The molecule has 0 unspecified atom stereocenters. The fourth-order valence-corrected chi connectivity index (χ4v) is 2.09. The molecule has 1 aromatic rings. The zero-order chi connectivity index (χ0) is 13.0. The highest BCUT2D eigenvalue weighted by molar-refractivity contribution is 6.28. The van der Waals surface area contributed by atoms with E-state index in [1.54, 1.807) is 12.1 Å². The third-order valence-electron chi connectivity index (χ3n) is 2.93. The van der Waals surface area contributed by atoms with Crippen molar-refractivity contribution in [3.8, 4) is 0 Å². The molecule has 1 fully saturated rings. The van der Waals surface area contributed by atoms with Gasteiger partial charge in [-0.3, -0.25) is 4.79 Å². The number of halogens is 1. The Hall–Kier alpha value is -1.55. The summed E-state index contributed by atoms with van der Waals surface area (Å²) in [5.41, 5.74) is 6.80. The van der Waals surface area contributed by atoms with Gasteiger partial charge in [-0.2, -0.15) is 0 Å². The van der Waals surface area contributed by atoms with Crippen LogP contribution in [0.25, 0.3) is 0 Å². The lowest BCUT2D eigenvalue weighted by Crippen LogP contribution is -2.27. The predicted molar refractivity (Wildman–Crippen MR) is 73.6 cm³/mol. The van der Waals surface area contributed by atoms with Crippen LogP contribution in [0.15, 0.2) is 29.3 Å². The molecule has 0 saturated carbocycles. The van der Waals surface area contributed by atoms with E-state index in [0.29, 0.717) is 17.1 Å². The summed E-state index contributed by atoms with van der Waals surface area (Å²) in [5.74, 6) is 0.499. The summed E-state index contributed by atoms with van der Waals surface area (Å²) in [5, 5.41) is 0. The summed E-state index contributed by atoms with van der Waals surface area (Å²) in [6.45, 7) is 1.64. The molecule has 0 radical (unpaired) electrons. The maximum absolute atomic E-state index is 12.3. The van der Waals surface area contributed by atoms with Gasteiger partial charge in [0.2, 0.25) is 0 Å². The Kier molecular flexibility index (Phi) is 4.20. The van der Waals surface area contributed by atoms with Crippen molar-refractivity contribution in [2.75, 3.05) is 19.0 Å². The van der Waals surface area contributed by atoms with E-state index in [1.165, 1.54) is 0 Å². The lowest BCUT2D eigenvalue weighted by atomic mass is 10.1. The molecule has 4 nitrogen and oxygen atoms in total. The average Bonchev–Trinajstić information content (AvgIpc) is 2.92. The van der Waals surface area contributed by atoms with Gasteiger partial charge in [-0.05, 0) is 25.0 Å². The number of carbonyl (C=O) groups is 1. The maximum Gasteiger partial charge on any atom is 0.256 e. The van der Waals surface area contributed by atoms with E-state index in [4.69, 9.17) is 17.3 Å². The van der Waals surface area contributed by atoms with Crippen LogP contribution in [0.2, 0.25) is 0 Å². The highest BCUT2D eigenvalue weighted by Gasteiger charge is 2.21. The van der Waals surface area contributed by atoms with Crippen molar-refractivity contribution in [1.29, 1.82) is 0 Å². The molecule has 5 heteroatoms. The van der Waals surface area contributed by atoms with Gasteiger partial charge in [-0.25, -0.2) is 4.99 Å². The van der Waals surface area contributed by atoms with Gasteiger partial charge < -0.3 is 10.6 Å². The van der Waals surface area contributed by atoms with Gasteiger partial charge in [-0.15, -0.1) is 11.6 Å². The Bertz CT molecular complexity index is 467. The number of amidine groups is 1. The van der Waals surface area contributed by atoms with Crippen molar-refractivity contribution < 1.29 is 4.79 Å². The molecule has 0 bridgehead atoms. The third-order valence-corrected chi connectivity index (χ3v) is 3.20. The number of para-hydroxylation sites is 1. The molecule has 2 N–H and O–H groups in total. The van der Waals surface area contributed by atoms with Crippen molar-refractivity contribution in [3.05, 3.63) is 29.8 Å². The Morgan fingerprint density at radius 2 is 2.00 bits per heavy atom. The van der Waals surface area contributed by atoms with E-state index in [2.05, 4.69) is 4.99 Å². The van der Waals surface area contributed by atoms with Crippen molar-refractivity contribution in [3.63, 3.8) is 0 Å². The van der Waals surface area contributed by atoms with E-state index in [9.17, 15) is 4.79 Å². The largest absolute Gasteiger partial charge is 0.386 e. The summed E-state index contributed by atoms with van der Waals surface area (Å²) in [6.07, 6.45) is 2.14. The number of likely N-dealkylation sites (tertiary alicyclic amines) is 1. The van der Waals surface area contributed by atoms with E-state index in [-0.39, 0.29) is 11.8 Å². The van der Waals surface area contributed by atoms with Crippen LogP contribution in [0, 0.1) is 0 Å². The smallest absolute Gasteiger partial charge is 0.256 e. The second kappa shape index (κ2) is 5.87. The van der Waals surface area contributed by atoms with Gasteiger partial charge in [-0.1, -0.05) is 12.1 Å². The van der Waals surface area contributed by atoms with Crippen molar-refractivity contribution in [2.24, 2.45) is 10.7 Å². The normalized spacial score (nSPS) is 16.1. The molecule has 96 valence electrons. The topological polar surface area (TPSA) is 58.7 Å². The van der Waals surface area contributed by atoms with Crippen LogP contribution < -0.4 is 5.73 Å². The fourth-order valence-electron chi connectivity index (χ4n) is 2.03. The molecule has 1 heterocycles.